The number of rotatable bonds is 3. The first-order chi connectivity index (χ1) is 11.2. The number of oxazole rings is 1. The van der Waals surface area contributed by atoms with Gasteiger partial charge in [0.1, 0.15) is 0 Å². The number of piperidine rings is 1. The molecule has 3 aromatic rings. The van der Waals surface area contributed by atoms with Gasteiger partial charge in [0.2, 0.25) is 0 Å². The molecule has 1 aromatic carbocycles. The minimum absolute atomic E-state index is 0.182. The van der Waals surface area contributed by atoms with Crippen molar-refractivity contribution in [3.63, 3.8) is 0 Å². The van der Waals surface area contributed by atoms with Gasteiger partial charge in [0.25, 0.3) is 0 Å². The highest BCUT2D eigenvalue weighted by Gasteiger charge is 2.24. The summed E-state index contributed by atoms with van der Waals surface area (Å²) in [6.45, 7) is 2.97. The van der Waals surface area contributed by atoms with Gasteiger partial charge < -0.3 is 4.42 Å². The van der Waals surface area contributed by atoms with Gasteiger partial charge in [0.05, 0.1) is 5.52 Å². The molecular weight excluding hydrogens is 332 g/mol. The summed E-state index contributed by atoms with van der Waals surface area (Å²) in [5.41, 5.74) is 1.42. The highest BCUT2D eigenvalue weighted by Crippen LogP contribution is 2.28. The number of hydrogen-bond acceptors (Lipinski definition) is 4. The topological polar surface area (TPSA) is 38.4 Å². The zero-order chi connectivity index (χ0) is 15.8. The van der Waals surface area contributed by atoms with Gasteiger partial charge in [-0.15, -0.1) is 11.3 Å². The molecule has 0 bridgehead atoms. The lowest BCUT2D eigenvalue weighted by Crippen LogP contribution is -2.36. The first kappa shape index (κ1) is 15.0. The van der Waals surface area contributed by atoms with Crippen molar-refractivity contribution in [3.05, 3.63) is 56.2 Å². The van der Waals surface area contributed by atoms with Crippen molar-refractivity contribution in [2.45, 2.75) is 25.4 Å². The van der Waals surface area contributed by atoms with E-state index in [2.05, 4.69) is 22.4 Å². The molecule has 23 heavy (non-hydrogen) atoms. The molecule has 1 fully saturated rings. The van der Waals surface area contributed by atoms with Crippen LogP contribution in [0.25, 0.3) is 11.1 Å². The molecule has 1 saturated heterocycles. The van der Waals surface area contributed by atoms with Gasteiger partial charge in [-0.05, 0) is 42.5 Å². The molecule has 4 nitrogen and oxygen atoms in total. The fourth-order valence-electron chi connectivity index (χ4n) is 3.31. The van der Waals surface area contributed by atoms with E-state index in [-0.39, 0.29) is 11.8 Å². The van der Waals surface area contributed by atoms with Gasteiger partial charge in [-0.3, -0.25) is 9.47 Å². The number of benzene rings is 1. The fraction of sp³-hybridized carbons (Fsp3) is 0.353. The van der Waals surface area contributed by atoms with Crippen LogP contribution in [0.5, 0.6) is 0 Å². The van der Waals surface area contributed by atoms with Gasteiger partial charge in [-0.25, -0.2) is 4.79 Å². The van der Waals surface area contributed by atoms with E-state index in [9.17, 15) is 4.79 Å². The maximum atomic E-state index is 12.2. The predicted octanol–water partition coefficient (Wildman–Crippen LogP) is 4.15. The lowest BCUT2D eigenvalue weighted by atomic mass is 10.0. The Labute approximate surface area is 142 Å². The Kier molecular flexibility index (Phi) is 4.01. The van der Waals surface area contributed by atoms with Gasteiger partial charge in [0, 0.05) is 35.6 Å². The minimum Gasteiger partial charge on any atom is -0.408 e. The van der Waals surface area contributed by atoms with Crippen LogP contribution in [0, 0.1) is 0 Å². The van der Waals surface area contributed by atoms with Crippen LogP contribution in [0.1, 0.15) is 23.8 Å². The third-order valence-electron chi connectivity index (χ3n) is 4.46. The molecule has 3 heterocycles. The van der Waals surface area contributed by atoms with Crippen LogP contribution < -0.4 is 5.76 Å². The van der Waals surface area contributed by atoms with E-state index in [4.69, 9.17) is 16.0 Å². The van der Waals surface area contributed by atoms with E-state index in [1.54, 1.807) is 28.0 Å². The second kappa shape index (κ2) is 6.15. The van der Waals surface area contributed by atoms with E-state index in [0.29, 0.717) is 10.6 Å². The largest absolute Gasteiger partial charge is 0.420 e. The molecule has 0 amide bonds. The number of nitrogens with zero attached hydrogens (tertiary/aromatic N) is 2. The molecule has 0 N–H and O–H groups in total. The molecule has 0 radical (unpaired) electrons. The molecule has 0 spiro atoms. The number of thiophene rings is 1. The normalized spacial score (nSPS) is 17.1. The number of likely N-dealkylation sites (tertiary alicyclic amines) is 1. The Balaban J connectivity index is 1.53. The zero-order valence-corrected chi connectivity index (χ0v) is 14.1. The highest BCUT2D eigenvalue weighted by atomic mass is 35.5. The van der Waals surface area contributed by atoms with Crippen molar-refractivity contribution in [1.29, 1.82) is 0 Å². The maximum Gasteiger partial charge on any atom is 0.420 e. The van der Waals surface area contributed by atoms with Crippen LogP contribution in [0.15, 0.2) is 44.9 Å². The van der Waals surface area contributed by atoms with Crippen LogP contribution in [-0.2, 0) is 6.54 Å². The third-order valence-corrected chi connectivity index (χ3v) is 5.55. The first-order valence-electron chi connectivity index (χ1n) is 7.76. The van der Waals surface area contributed by atoms with E-state index in [0.717, 1.165) is 38.0 Å². The molecule has 2 aromatic heterocycles. The van der Waals surface area contributed by atoms with Gasteiger partial charge in [-0.1, -0.05) is 17.7 Å². The van der Waals surface area contributed by atoms with Gasteiger partial charge in [-0.2, -0.15) is 0 Å². The number of fused-ring (bicyclic) bond motifs is 1. The summed E-state index contributed by atoms with van der Waals surface area (Å²) < 4.78 is 7.14. The van der Waals surface area contributed by atoms with E-state index in [1.165, 1.54) is 4.88 Å². The van der Waals surface area contributed by atoms with Gasteiger partial charge in [0.15, 0.2) is 5.58 Å². The van der Waals surface area contributed by atoms with Crippen molar-refractivity contribution in [1.82, 2.24) is 9.47 Å². The summed E-state index contributed by atoms with van der Waals surface area (Å²) in [5.74, 6) is -0.279. The summed E-state index contributed by atoms with van der Waals surface area (Å²) in [5, 5.41) is 2.74. The average molecular weight is 349 g/mol. The molecule has 6 heteroatoms. The lowest BCUT2D eigenvalue weighted by molar-refractivity contribution is 0.178. The number of aromatic nitrogens is 1. The average Bonchev–Trinajstić information content (AvgIpc) is 3.15. The predicted molar refractivity (Wildman–Crippen MR) is 93.4 cm³/mol. The molecule has 0 atom stereocenters. The fourth-order valence-corrected chi connectivity index (χ4v) is 4.22. The summed E-state index contributed by atoms with van der Waals surface area (Å²) in [6.07, 6.45) is 1.90. The lowest BCUT2D eigenvalue weighted by Gasteiger charge is -2.31. The van der Waals surface area contributed by atoms with Crippen molar-refractivity contribution >= 4 is 34.0 Å². The smallest absolute Gasteiger partial charge is 0.408 e. The molecule has 0 saturated carbocycles. The summed E-state index contributed by atoms with van der Waals surface area (Å²) >= 11 is 7.87. The Morgan fingerprint density at radius 1 is 1.26 bits per heavy atom. The molecule has 1 aliphatic heterocycles. The molecular formula is C17H17ClN2O2S. The van der Waals surface area contributed by atoms with E-state index >= 15 is 0 Å². The first-order valence-corrected chi connectivity index (χ1v) is 9.02. The van der Waals surface area contributed by atoms with Crippen molar-refractivity contribution in [2.75, 3.05) is 13.1 Å². The van der Waals surface area contributed by atoms with Crippen molar-refractivity contribution < 1.29 is 4.42 Å². The van der Waals surface area contributed by atoms with Gasteiger partial charge >= 0.3 is 5.76 Å². The second-order valence-corrected chi connectivity index (χ2v) is 7.41. The maximum absolute atomic E-state index is 12.2. The Morgan fingerprint density at radius 2 is 2.09 bits per heavy atom. The van der Waals surface area contributed by atoms with Crippen LogP contribution in [-0.4, -0.2) is 22.6 Å². The zero-order valence-electron chi connectivity index (χ0n) is 12.6. The SMILES string of the molecule is O=c1oc2ccc(Cl)cc2n1C1CCN(Cc2cccs2)CC1. The van der Waals surface area contributed by atoms with Crippen LogP contribution >= 0.6 is 22.9 Å². The van der Waals surface area contributed by atoms with Crippen molar-refractivity contribution in [2.24, 2.45) is 0 Å². The summed E-state index contributed by atoms with van der Waals surface area (Å²) in [4.78, 5) is 16.1. The number of hydrogen-bond donors (Lipinski definition) is 0. The van der Waals surface area contributed by atoms with E-state index in [1.807, 2.05) is 6.07 Å². The number of halogens is 1. The Hall–Kier alpha value is -1.56. The third kappa shape index (κ3) is 2.96. The summed E-state index contributed by atoms with van der Waals surface area (Å²) in [7, 11) is 0. The highest BCUT2D eigenvalue weighted by molar-refractivity contribution is 7.09. The molecule has 0 unspecified atom stereocenters. The monoisotopic (exact) mass is 348 g/mol. The standard InChI is InChI=1S/C17H17ClN2O2S/c18-12-3-4-16-15(10-12)20(17(21)22-16)13-5-7-19(8-6-13)11-14-2-1-9-23-14/h1-4,9-10,13H,5-8,11H2. The molecule has 4 rings (SSSR count). The van der Waals surface area contributed by atoms with Crippen LogP contribution in [0.4, 0.5) is 0 Å². The Bertz CT molecular complexity index is 860. The van der Waals surface area contributed by atoms with Crippen LogP contribution in [0.3, 0.4) is 0 Å². The second-order valence-electron chi connectivity index (χ2n) is 5.94. The van der Waals surface area contributed by atoms with E-state index < -0.39 is 0 Å². The van der Waals surface area contributed by atoms with Crippen molar-refractivity contribution in [3.8, 4) is 0 Å². The minimum atomic E-state index is -0.279. The molecule has 0 aliphatic carbocycles. The Morgan fingerprint density at radius 3 is 2.83 bits per heavy atom. The molecule has 120 valence electrons. The molecule has 1 aliphatic rings. The quantitative estimate of drug-likeness (QED) is 0.713. The summed E-state index contributed by atoms with van der Waals surface area (Å²) in [6, 6.07) is 9.78. The van der Waals surface area contributed by atoms with Crippen LogP contribution in [0.2, 0.25) is 5.02 Å².